The van der Waals surface area contributed by atoms with Crippen LogP contribution < -0.4 is 10.6 Å². The molecule has 2 aromatic carbocycles. The van der Waals surface area contributed by atoms with Crippen LogP contribution in [0.25, 0.3) is 0 Å². The molecule has 3 rings (SSSR count). The van der Waals surface area contributed by atoms with Crippen molar-refractivity contribution in [3.8, 4) is 0 Å². The largest absolute Gasteiger partial charge is 0.462 e. The van der Waals surface area contributed by atoms with E-state index in [-0.39, 0.29) is 5.97 Å². The maximum absolute atomic E-state index is 12.2. The molecule has 0 atom stereocenters. The Bertz CT molecular complexity index is 932. The third-order valence-electron chi connectivity index (χ3n) is 5.83. The molecule has 0 aromatic heterocycles. The van der Waals surface area contributed by atoms with Gasteiger partial charge in [0.05, 0.1) is 13.2 Å². The second kappa shape index (κ2) is 12.4. The Balaban J connectivity index is 1.36. The summed E-state index contributed by atoms with van der Waals surface area (Å²) in [6.07, 6.45) is 5.94. The highest BCUT2D eigenvalue weighted by molar-refractivity contribution is 5.84. The topological polar surface area (TPSA) is 93.7 Å². The van der Waals surface area contributed by atoms with Gasteiger partial charge in [0.25, 0.3) is 0 Å². The number of carbonyl (C=O) groups excluding carboxylic acids is 3. The van der Waals surface area contributed by atoms with Crippen molar-refractivity contribution < 1.29 is 23.9 Å². The van der Waals surface area contributed by atoms with Crippen LogP contribution in [0.5, 0.6) is 0 Å². The number of benzene rings is 2. The van der Waals surface area contributed by atoms with E-state index in [0.717, 1.165) is 48.9 Å². The highest BCUT2D eigenvalue weighted by Crippen LogP contribution is 2.29. The van der Waals surface area contributed by atoms with Gasteiger partial charge in [-0.15, -0.1) is 0 Å². The predicted octanol–water partition coefficient (Wildman–Crippen LogP) is 4.93. The fourth-order valence-corrected chi connectivity index (χ4v) is 3.90. The van der Waals surface area contributed by atoms with E-state index in [1.807, 2.05) is 48.5 Å². The van der Waals surface area contributed by atoms with E-state index in [1.165, 1.54) is 6.08 Å². The first-order valence-electron chi connectivity index (χ1n) is 11.2. The number of anilines is 2. The third kappa shape index (κ3) is 8.11. The van der Waals surface area contributed by atoms with Gasteiger partial charge in [-0.05, 0) is 79.3 Å². The summed E-state index contributed by atoms with van der Waals surface area (Å²) in [5, 5.41) is 5.39. The van der Waals surface area contributed by atoms with Crippen molar-refractivity contribution in [1.82, 2.24) is 0 Å². The van der Waals surface area contributed by atoms with Gasteiger partial charge in [0.2, 0.25) is 6.41 Å². The normalized spacial score (nSPS) is 17.5. The first-order chi connectivity index (χ1) is 16.1. The number of nitrogens with one attached hydrogen (secondary N) is 2. The summed E-state index contributed by atoms with van der Waals surface area (Å²) in [5.41, 5.74) is 3.68. The zero-order valence-electron chi connectivity index (χ0n) is 18.6. The van der Waals surface area contributed by atoms with Crippen molar-refractivity contribution >= 4 is 29.8 Å². The average molecular weight is 451 g/mol. The first kappa shape index (κ1) is 24.0. The van der Waals surface area contributed by atoms with Gasteiger partial charge in [-0.25, -0.2) is 9.59 Å². The van der Waals surface area contributed by atoms with E-state index in [2.05, 4.69) is 17.2 Å². The van der Waals surface area contributed by atoms with Crippen molar-refractivity contribution in [3.05, 3.63) is 72.3 Å². The van der Waals surface area contributed by atoms with Crippen LogP contribution in [0.3, 0.4) is 0 Å². The van der Waals surface area contributed by atoms with Crippen molar-refractivity contribution in [2.24, 2.45) is 11.8 Å². The smallest absolute Gasteiger partial charge is 0.411 e. The summed E-state index contributed by atoms with van der Waals surface area (Å²) < 4.78 is 10.5. The molecule has 0 aliphatic heterocycles. The zero-order valence-corrected chi connectivity index (χ0v) is 18.6. The predicted molar refractivity (Wildman–Crippen MR) is 127 cm³/mol. The quantitative estimate of drug-likeness (QED) is 0.304. The number of rotatable bonds is 10. The van der Waals surface area contributed by atoms with Gasteiger partial charge in [0.15, 0.2) is 0 Å². The molecule has 0 radical (unpaired) electrons. The van der Waals surface area contributed by atoms with Crippen LogP contribution in [0.2, 0.25) is 0 Å². The standard InChI is InChI=1S/C26H30N2O5/c1-2-25(30)32-16-21-3-5-22(6-4-21)17-33-26(31)28-24-13-9-20(10-14-24)15-19-7-11-23(12-8-19)27-18-29/h2,7-14,18,21-22H,1,3-6,15-17H2,(H,27,29)(H,28,31). The SMILES string of the molecule is C=CC(=O)OCC1CCC(COC(=O)Nc2ccc(Cc3ccc(NC=O)cc3)cc2)CC1. The minimum atomic E-state index is -0.456. The van der Waals surface area contributed by atoms with Gasteiger partial charge < -0.3 is 14.8 Å². The second-order valence-corrected chi connectivity index (χ2v) is 8.28. The van der Waals surface area contributed by atoms with Crippen molar-refractivity contribution in [2.45, 2.75) is 32.1 Å². The molecule has 2 amide bonds. The van der Waals surface area contributed by atoms with Crippen LogP contribution >= 0.6 is 0 Å². The van der Waals surface area contributed by atoms with Crippen LogP contribution in [0.15, 0.2) is 61.2 Å². The van der Waals surface area contributed by atoms with E-state index in [4.69, 9.17) is 9.47 Å². The molecule has 7 heteroatoms. The van der Waals surface area contributed by atoms with E-state index in [1.54, 1.807) is 0 Å². The lowest BCUT2D eigenvalue weighted by atomic mass is 9.83. The number of ether oxygens (including phenoxy) is 2. The molecule has 0 saturated heterocycles. The zero-order chi connectivity index (χ0) is 23.5. The molecule has 0 heterocycles. The number of esters is 1. The van der Waals surface area contributed by atoms with Crippen LogP contribution in [0, 0.1) is 11.8 Å². The number of hydrogen-bond acceptors (Lipinski definition) is 5. The highest BCUT2D eigenvalue weighted by atomic mass is 16.5. The number of hydrogen-bond donors (Lipinski definition) is 2. The van der Waals surface area contributed by atoms with Crippen LogP contribution in [-0.2, 0) is 25.5 Å². The van der Waals surface area contributed by atoms with Crippen LogP contribution in [0.4, 0.5) is 16.2 Å². The lowest BCUT2D eigenvalue weighted by molar-refractivity contribution is -0.139. The lowest BCUT2D eigenvalue weighted by Crippen LogP contribution is -2.24. The van der Waals surface area contributed by atoms with Gasteiger partial charge in [0, 0.05) is 17.5 Å². The monoisotopic (exact) mass is 450 g/mol. The number of carbonyl (C=O) groups is 3. The molecule has 1 aliphatic rings. The Hall–Kier alpha value is -3.61. The van der Waals surface area contributed by atoms with Crippen molar-refractivity contribution in [2.75, 3.05) is 23.8 Å². The van der Waals surface area contributed by atoms with Gasteiger partial charge in [-0.2, -0.15) is 0 Å². The Kier molecular flexibility index (Phi) is 9.06. The number of amides is 2. The van der Waals surface area contributed by atoms with E-state index in [9.17, 15) is 14.4 Å². The molecule has 1 saturated carbocycles. The molecule has 2 aromatic rings. The summed E-state index contributed by atoms with van der Waals surface area (Å²) in [4.78, 5) is 33.8. The fourth-order valence-electron chi connectivity index (χ4n) is 3.90. The Morgan fingerprint density at radius 3 is 1.88 bits per heavy atom. The fraction of sp³-hybridized carbons (Fsp3) is 0.346. The first-order valence-corrected chi connectivity index (χ1v) is 11.2. The summed E-state index contributed by atoms with van der Waals surface area (Å²) in [5.74, 6) is 0.313. The third-order valence-corrected chi connectivity index (χ3v) is 5.83. The summed E-state index contributed by atoms with van der Waals surface area (Å²) >= 11 is 0. The summed E-state index contributed by atoms with van der Waals surface area (Å²) in [6, 6.07) is 15.3. The summed E-state index contributed by atoms with van der Waals surface area (Å²) in [6.45, 7) is 4.21. The van der Waals surface area contributed by atoms with Gasteiger partial charge in [0.1, 0.15) is 0 Å². The van der Waals surface area contributed by atoms with Gasteiger partial charge >= 0.3 is 12.1 Å². The average Bonchev–Trinajstić information content (AvgIpc) is 2.84. The van der Waals surface area contributed by atoms with Crippen LogP contribution in [-0.4, -0.2) is 31.7 Å². The molecule has 1 aliphatic carbocycles. The van der Waals surface area contributed by atoms with E-state index < -0.39 is 6.09 Å². The lowest BCUT2D eigenvalue weighted by Gasteiger charge is -2.27. The van der Waals surface area contributed by atoms with Crippen molar-refractivity contribution in [3.63, 3.8) is 0 Å². The Morgan fingerprint density at radius 1 is 0.848 bits per heavy atom. The highest BCUT2D eigenvalue weighted by Gasteiger charge is 2.23. The molecular formula is C26H30N2O5. The molecule has 1 fully saturated rings. The maximum Gasteiger partial charge on any atom is 0.411 e. The Morgan fingerprint density at radius 2 is 1.36 bits per heavy atom. The minimum Gasteiger partial charge on any atom is -0.462 e. The molecular weight excluding hydrogens is 420 g/mol. The molecule has 7 nitrogen and oxygen atoms in total. The van der Waals surface area contributed by atoms with Crippen LogP contribution in [0.1, 0.15) is 36.8 Å². The summed E-state index contributed by atoms with van der Waals surface area (Å²) in [7, 11) is 0. The molecule has 2 N–H and O–H groups in total. The molecule has 174 valence electrons. The van der Waals surface area contributed by atoms with E-state index in [0.29, 0.717) is 37.1 Å². The second-order valence-electron chi connectivity index (χ2n) is 8.28. The van der Waals surface area contributed by atoms with E-state index >= 15 is 0 Å². The van der Waals surface area contributed by atoms with Crippen molar-refractivity contribution in [1.29, 1.82) is 0 Å². The maximum atomic E-state index is 12.2. The molecule has 0 bridgehead atoms. The van der Waals surface area contributed by atoms with Gasteiger partial charge in [-0.3, -0.25) is 10.1 Å². The Labute approximate surface area is 194 Å². The molecule has 0 unspecified atom stereocenters. The molecule has 33 heavy (non-hydrogen) atoms. The van der Waals surface area contributed by atoms with Gasteiger partial charge in [-0.1, -0.05) is 30.8 Å². The molecule has 0 spiro atoms. The minimum absolute atomic E-state index is 0.331.